The molecule has 0 spiro atoms. The minimum absolute atomic E-state index is 0.127. The van der Waals surface area contributed by atoms with E-state index in [0.29, 0.717) is 5.56 Å². The Labute approximate surface area is 122 Å². The van der Waals surface area contributed by atoms with E-state index in [4.69, 9.17) is 10.5 Å². The van der Waals surface area contributed by atoms with Gasteiger partial charge in [0, 0.05) is 0 Å². The van der Waals surface area contributed by atoms with Crippen molar-refractivity contribution in [2.45, 2.75) is 6.42 Å². The molecule has 0 aliphatic heterocycles. The highest BCUT2D eigenvalue weighted by molar-refractivity contribution is 5.99. The summed E-state index contributed by atoms with van der Waals surface area (Å²) in [4.78, 5) is 0. The third-order valence-electron chi connectivity index (χ3n) is 3.60. The van der Waals surface area contributed by atoms with Crippen molar-refractivity contribution in [3.8, 4) is 18.2 Å². The van der Waals surface area contributed by atoms with Crippen LogP contribution in [0.25, 0.3) is 22.4 Å². The summed E-state index contributed by atoms with van der Waals surface area (Å²) in [5.74, 6) is 0. The zero-order chi connectivity index (χ0) is 14.8. The summed E-state index contributed by atoms with van der Waals surface area (Å²) < 4.78 is 0. The van der Waals surface area contributed by atoms with Crippen LogP contribution in [0, 0.1) is 34.0 Å². The normalized spacial score (nSPS) is 11.3. The molecule has 0 atom stereocenters. The molecule has 1 aliphatic carbocycles. The Balaban J connectivity index is 2.37. The summed E-state index contributed by atoms with van der Waals surface area (Å²) in [6, 6.07) is 15.4. The van der Waals surface area contributed by atoms with Crippen molar-refractivity contribution in [1.29, 1.82) is 15.8 Å². The van der Waals surface area contributed by atoms with Crippen LogP contribution >= 0.6 is 0 Å². The summed E-state index contributed by atoms with van der Waals surface area (Å²) in [7, 11) is 0. The Morgan fingerprint density at radius 1 is 1.00 bits per heavy atom. The first-order valence-corrected chi connectivity index (χ1v) is 6.45. The van der Waals surface area contributed by atoms with Crippen LogP contribution in [0.4, 0.5) is 0 Å². The third kappa shape index (κ3) is 1.96. The fraction of sp³-hybridized carbons (Fsp3) is 0.0556. The van der Waals surface area contributed by atoms with E-state index in [0.717, 1.165) is 17.4 Å². The number of rotatable bonds is 1. The van der Waals surface area contributed by atoms with E-state index in [1.54, 1.807) is 12.1 Å². The zero-order valence-electron chi connectivity index (χ0n) is 11.1. The van der Waals surface area contributed by atoms with Crippen molar-refractivity contribution >= 4 is 22.4 Å². The van der Waals surface area contributed by atoms with Gasteiger partial charge in [0.05, 0.1) is 5.57 Å². The number of nitrogens with zero attached hydrogens (tertiary/aromatic N) is 3. The summed E-state index contributed by atoms with van der Waals surface area (Å²) in [6.45, 7) is 0. The second-order valence-corrected chi connectivity index (χ2v) is 4.77. The van der Waals surface area contributed by atoms with Crippen molar-refractivity contribution in [2.24, 2.45) is 0 Å². The van der Waals surface area contributed by atoms with Crippen LogP contribution in [0.3, 0.4) is 0 Å². The molecule has 0 radical (unpaired) electrons. The third-order valence-corrected chi connectivity index (χ3v) is 3.60. The molecule has 3 nitrogen and oxygen atoms in total. The Morgan fingerprint density at radius 2 is 1.81 bits per heavy atom. The number of allylic oxidation sites excluding steroid dienone is 3. The predicted octanol–water partition coefficient (Wildman–Crippen LogP) is 3.73. The van der Waals surface area contributed by atoms with Gasteiger partial charge >= 0.3 is 0 Å². The van der Waals surface area contributed by atoms with Gasteiger partial charge in [-0.2, -0.15) is 15.8 Å². The fourth-order valence-electron chi connectivity index (χ4n) is 2.70. The molecule has 3 rings (SSSR count). The molecule has 0 saturated heterocycles. The van der Waals surface area contributed by atoms with Crippen LogP contribution in [0.2, 0.25) is 0 Å². The summed E-state index contributed by atoms with van der Waals surface area (Å²) in [5, 5.41) is 29.5. The van der Waals surface area contributed by atoms with E-state index >= 15 is 0 Å². The fourth-order valence-corrected chi connectivity index (χ4v) is 2.70. The molecule has 0 fully saturated rings. The number of nitriles is 3. The molecule has 96 valence electrons. The molecule has 0 saturated carbocycles. The molecule has 2 aromatic carbocycles. The first-order valence-electron chi connectivity index (χ1n) is 6.45. The maximum Gasteiger partial charge on any atom is 0.148 e. The van der Waals surface area contributed by atoms with E-state index in [2.05, 4.69) is 12.1 Å². The average Bonchev–Trinajstić information content (AvgIpc) is 2.53. The van der Waals surface area contributed by atoms with E-state index in [1.165, 1.54) is 10.9 Å². The van der Waals surface area contributed by atoms with Gasteiger partial charge in [-0.25, -0.2) is 0 Å². The number of benzene rings is 2. The Hall–Kier alpha value is -3.35. The lowest BCUT2D eigenvalue weighted by molar-refractivity contribution is 1.29. The maximum absolute atomic E-state index is 9.29. The molecule has 0 bridgehead atoms. The highest BCUT2D eigenvalue weighted by Gasteiger charge is 2.14. The SMILES string of the molecule is N#CC(C#N)=C(C#N)c1cc2c3c(cccc3c1)CC=C2. The number of hydrogen-bond acceptors (Lipinski definition) is 3. The minimum Gasteiger partial charge on any atom is -0.192 e. The molecular weight excluding hydrogens is 258 g/mol. The molecule has 0 amide bonds. The molecule has 1 aliphatic rings. The van der Waals surface area contributed by atoms with Gasteiger partial charge in [-0.05, 0) is 46.0 Å². The van der Waals surface area contributed by atoms with Crippen molar-refractivity contribution in [1.82, 2.24) is 0 Å². The molecule has 0 unspecified atom stereocenters. The van der Waals surface area contributed by atoms with Gasteiger partial charge in [0.2, 0.25) is 0 Å². The quantitative estimate of drug-likeness (QED) is 0.739. The van der Waals surface area contributed by atoms with Crippen LogP contribution < -0.4 is 0 Å². The van der Waals surface area contributed by atoms with Gasteiger partial charge in [-0.1, -0.05) is 30.4 Å². The second kappa shape index (κ2) is 4.97. The molecule has 0 heterocycles. The van der Waals surface area contributed by atoms with E-state index < -0.39 is 0 Å². The second-order valence-electron chi connectivity index (χ2n) is 4.77. The molecule has 0 N–H and O–H groups in total. The first kappa shape index (κ1) is 12.7. The van der Waals surface area contributed by atoms with Crippen LogP contribution in [0.1, 0.15) is 16.7 Å². The van der Waals surface area contributed by atoms with Gasteiger partial charge in [0.15, 0.2) is 0 Å². The van der Waals surface area contributed by atoms with Crippen molar-refractivity contribution in [2.75, 3.05) is 0 Å². The zero-order valence-corrected chi connectivity index (χ0v) is 11.1. The van der Waals surface area contributed by atoms with E-state index in [9.17, 15) is 5.26 Å². The Morgan fingerprint density at radius 3 is 2.52 bits per heavy atom. The standard InChI is InChI=1S/C18H9N3/c19-9-16(10-20)17(11-21)15-7-13-5-1-3-12-4-2-6-14(8-15)18(12)13/h1-3,5-8H,4H2. The summed E-state index contributed by atoms with van der Waals surface area (Å²) >= 11 is 0. The molecular formula is C18H9N3. The average molecular weight is 267 g/mol. The molecule has 0 aromatic heterocycles. The largest absolute Gasteiger partial charge is 0.192 e. The lowest BCUT2D eigenvalue weighted by atomic mass is 9.89. The lowest BCUT2D eigenvalue weighted by Gasteiger charge is -2.14. The number of hydrogen-bond donors (Lipinski definition) is 0. The predicted molar refractivity (Wildman–Crippen MR) is 80.4 cm³/mol. The Kier molecular flexibility index (Phi) is 3.00. The van der Waals surface area contributed by atoms with Gasteiger partial charge in [0.25, 0.3) is 0 Å². The van der Waals surface area contributed by atoms with Crippen LogP contribution in [0.5, 0.6) is 0 Å². The van der Waals surface area contributed by atoms with E-state index in [1.807, 2.05) is 36.4 Å². The highest BCUT2D eigenvalue weighted by atomic mass is 14.3. The first-order chi connectivity index (χ1) is 10.3. The van der Waals surface area contributed by atoms with Gasteiger partial charge in [-0.3, -0.25) is 0 Å². The lowest BCUT2D eigenvalue weighted by Crippen LogP contribution is -1.95. The van der Waals surface area contributed by atoms with Crippen molar-refractivity contribution < 1.29 is 0 Å². The van der Waals surface area contributed by atoms with Gasteiger partial charge in [0.1, 0.15) is 23.8 Å². The van der Waals surface area contributed by atoms with Crippen molar-refractivity contribution in [3.05, 3.63) is 58.7 Å². The minimum atomic E-state index is -0.153. The smallest absolute Gasteiger partial charge is 0.148 e. The van der Waals surface area contributed by atoms with E-state index in [-0.39, 0.29) is 11.1 Å². The van der Waals surface area contributed by atoms with Gasteiger partial charge < -0.3 is 0 Å². The monoisotopic (exact) mass is 267 g/mol. The van der Waals surface area contributed by atoms with Crippen LogP contribution in [-0.4, -0.2) is 0 Å². The molecule has 2 aromatic rings. The summed E-state index contributed by atoms with van der Waals surface area (Å²) in [6.07, 6.45) is 4.99. The molecule has 3 heteroatoms. The van der Waals surface area contributed by atoms with Gasteiger partial charge in [-0.15, -0.1) is 0 Å². The topological polar surface area (TPSA) is 71.4 Å². The summed E-state index contributed by atoms with van der Waals surface area (Å²) in [5.41, 5.74) is 2.86. The molecule has 21 heavy (non-hydrogen) atoms. The van der Waals surface area contributed by atoms with Crippen LogP contribution in [-0.2, 0) is 6.42 Å². The maximum atomic E-state index is 9.29. The Bertz CT molecular complexity index is 925. The van der Waals surface area contributed by atoms with Crippen LogP contribution in [0.15, 0.2) is 42.0 Å². The highest BCUT2D eigenvalue weighted by Crippen LogP contribution is 2.32. The van der Waals surface area contributed by atoms with Crippen molar-refractivity contribution in [3.63, 3.8) is 0 Å².